The van der Waals surface area contributed by atoms with Crippen molar-refractivity contribution in [3.8, 4) is 5.75 Å². The number of aryl methyl sites for hydroxylation is 2. The van der Waals surface area contributed by atoms with Crippen molar-refractivity contribution in [2.75, 3.05) is 6.61 Å². The SMILES string of the molecule is CCCC(=O)CCCc1ccc(OCC)cc1CC. The van der Waals surface area contributed by atoms with Crippen LogP contribution in [0.3, 0.4) is 0 Å². The molecule has 0 saturated carbocycles. The highest BCUT2D eigenvalue weighted by Crippen LogP contribution is 2.20. The predicted molar refractivity (Wildman–Crippen MR) is 79.8 cm³/mol. The number of hydrogen-bond acceptors (Lipinski definition) is 2. The molecule has 19 heavy (non-hydrogen) atoms. The summed E-state index contributed by atoms with van der Waals surface area (Å²) in [5.41, 5.74) is 2.70. The van der Waals surface area contributed by atoms with Crippen molar-refractivity contribution in [1.29, 1.82) is 0 Å². The molecule has 0 spiro atoms. The predicted octanol–water partition coefficient (Wildman–Crippen LogP) is 4.34. The molecule has 106 valence electrons. The number of ketones is 1. The fourth-order valence-corrected chi connectivity index (χ4v) is 2.31. The number of carbonyl (C=O) groups is 1. The van der Waals surface area contributed by atoms with Gasteiger partial charge in [-0.25, -0.2) is 0 Å². The summed E-state index contributed by atoms with van der Waals surface area (Å²) in [4.78, 5) is 11.5. The fourth-order valence-electron chi connectivity index (χ4n) is 2.31. The second-order valence-corrected chi connectivity index (χ2v) is 4.86. The summed E-state index contributed by atoms with van der Waals surface area (Å²) in [6.45, 7) is 6.92. The number of carbonyl (C=O) groups excluding carboxylic acids is 1. The molecule has 1 aromatic rings. The minimum atomic E-state index is 0.395. The van der Waals surface area contributed by atoms with E-state index in [1.54, 1.807) is 0 Å². The molecular weight excluding hydrogens is 236 g/mol. The highest BCUT2D eigenvalue weighted by atomic mass is 16.5. The van der Waals surface area contributed by atoms with Crippen molar-refractivity contribution in [3.63, 3.8) is 0 Å². The molecule has 0 fully saturated rings. The van der Waals surface area contributed by atoms with Gasteiger partial charge in [0.1, 0.15) is 11.5 Å². The molecule has 1 aromatic carbocycles. The average Bonchev–Trinajstić information content (AvgIpc) is 2.40. The third-order valence-corrected chi connectivity index (χ3v) is 3.30. The van der Waals surface area contributed by atoms with Gasteiger partial charge in [0, 0.05) is 12.8 Å². The van der Waals surface area contributed by atoms with Gasteiger partial charge in [-0.2, -0.15) is 0 Å². The summed E-state index contributed by atoms with van der Waals surface area (Å²) in [5.74, 6) is 1.34. The van der Waals surface area contributed by atoms with Gasteiger partial charge in [-0.3, -0.25) is 4.79 Å². The van der Waals surface area contributed by atoms with Gasteiger partial charge in [0.25, 0.3) is 0 Å². The van der Waals surface area contributed by atoms with E-state index in [2.05, 4.69) is 26.0 Å². The Labute approximate surface area is 117 Å². The van der Waals surface area contributed by atoms with E-state index >= 15 is 0 Å². The number of hydrogen-bond donors (Lipinski definition) is 0. The maximum Gasteiger partial charge on any atom is 0.132 e. The highest BCUT2D eigenvalue weighted by Gasteiger charge is 2.05. The van der Waals surface area contributed by atoms with Crippen LogP contribution in [0.25, 0.3) is 0 Å². The first-order valence-electron chi connectivity index (χ1n) is 7.47. The van der Waals surface area contributed by atoms with Crippen LogP contribution in [0.15, 0.2) is 18.2 Å². The smallest absolute Gasteiger partial charge is 0.132 e. The summed E-state index contributed by atoms with van der Waals surface area (Å²) in [7, 11) is 0. The molecule has 2 heteroatoms. The molecular formula is C17H26O2. The summed E-state index contributed by atoms with van der Waals surface area (Å²) in [6.07, 6.45) is 5.36. The van der Waals surface area contributed by atoms with Gasteiger partial charge in [-0.15, -0.1) is 0 Å². The molecule has 0 aliphatic heterocycles. The molecule has 0 aliphatic rings. The maximum absolute atomic E-state index is 11.5. The van der Waals surface area contributed by atoms with Crippen LogP contribution in [0.2, 0.25) is 0 Å². The van der Waals surface area contributed by atoms with Crippen LogP contribution in [0.4, 0.5) is 0 Å². The molecule has 0 aliphatic carbocycles. The molecule has 0 saturated heterocycles. The Morgan fingerprint density at radius 1 is 1.11 bits per heavy atom. The Kier molecular flexibility index (Phi) is 7.24. The lowest BCUT2D eigenvalue weighted by molar-refractivity contribution is -0.119. The average molecular weight is 262 g/mol. The second-order valence-electron chi connectivity index (χ2n) is 4.86. The van der Waals surface area contributed by atoms with E-state index in [0.717, 1.165) is 37.9 Å². The molecule has 0 heterocycles. The van der Waals surface area contributed by atoms with Crippen molar-refractivity contribution in [3.05, 3.63) is 29.3 Å². The minimum Gasteiger partial charge on any atom is -0.494 e. The lowest BCUT2D eigenvalue weighted by Gasteiger charge is -2.10. The van der Waals surface area contributed by atoms with E-state index in [4.69, 9.17) is 4.74 Å². The first kappa shape index (κ1) is 15.7. The lowest BCUT2D eigenvalue weighted by Crippen LogP contribution is -2.00. The van der Waals surface area contributed by atoms with Crippen molar-refractivity contribution in [2.24, 2.45) is 0 Å². The van der Waals surface area contributed by atoms with Gasteiger partial charge in [-0.05, 0) is 55.9 Å². The van der Waals surface area contributed by atoms with Gasteiger partial charge in [0.2, 0.25) is 0 Å². The Balaban J connectivity index is 2.55. The molecule has 0 bridgehead atoms. The maximum atomic E-state index is 11.5. The third-order valence-electron chi connectivity index (χ3n) is 3.30. The van der Waals surface area contributed by atoms with Gasteiger partial charge in [-0.1, -0.05) is 19.9 Å². The van der Waals surface area contributed by atoms with Crippen LogP contribution in [0, 0.1) is 0 Å². The first-order chi connectivity index (χ1) is 9.21. The van der Waals surface area contributed by atoms with Crippen LogP contribution in [0.1, 0.15) is 57.6 Å². The Morgan fingerprint density at radius 3 is 2.53 bits per heavy atom. The van der Waals surface area contributed by atoms with Crippen LogP contribution >= 0.6 is 0 Å². The van der Waals surface area contributed by atoms with Gasteiger partial charge >= 0.3 is 0 Å². The molecule has 1 rings (SSSR count). The molecule has 0 N–H and O–H groups in total. The standard InChI is InChI=1S/C17H26O2/c1-4-8-16(18)10-7-9-15-11-12-17(19-6-3)13-14(15)5-2/h11-13H,4-10H2,1-3H3. The Hall–Kier alpha value is -1.31. The molecule has 0 aromatic heterocycles. The largest absolute Gasteiger partial charge is 0.494 e. The van der Waals surface area contributed by atoms with E-state index in [1.165, 1.54) is 11.1 Å². The zero-order valence-electron chi connectivity index (χ0n) is 12.5. The van der Waals surface area contributed by atoms with Crippen molar-refractivity contribution < 1.29 is 9.53 Å². The monoisotopic (exact) mass is 262 g/mol. The van der Waals surface area contributed by atoms with Crippen LogP contribution in [0.5, 0.6) is 5.75 Å². The minimum absolute atomic E-state index is 0.395. The zero-order chi connectivity index (χ0) is 14.1. The van der Waals surface area contributed by atoms with Crippen LogP contribution in [-0.4, -0.2) is 12.4 Å². The highest BCUT2D eigenvalue weighted by molar-refractivity contribution is 5.78. The molecule has 0 atom stereocenters. The molecule has 0 radical (unpaired) electrons. The number of ether oxygens (including phenoxy) is 1. The first-order valence-corrected chi connectivity index (χ1v) is 7.47. The van der Waals surface area contributed by atoms with Crippen molar-refractivity contribution in [1.82, 2.24) is 0 Å². The van der Waals surface area contributed by atoms with Crippen LogP contribution < -0.4 is 4.74 Å². The van der Waals surface area contributed by atoms with Gasteiger partial charge < -0.3 is 4.74 Å². The topological polar surface area (TPSA) is 26.3 Å². The van der Waals surface area contributed by atoms with E-state index in [0.29, 0.717) is 18.8 Å². The zero-order valence-corrected chi connectivity index (χ0v) is 12.5. The van der Waals surface area contributed by atoms with Gasteiger partial charge in [0.15, 0.2) is 0 Å². The third kappa shape index (κ3) is 5.46. The summed E-state index contributed by atoms with van der Waals surface area (Å²) in [6, 6.07) is 6.31. The van der Waals surface area contributed by atoms with Crippen LogP contribution in [-0.2, 0) is 17.6 Å². The normalized spacial score (nSPS) is 10.5. The van der Waals surface area contributed by atoms with E-state index in [1.807, 2.05) is 13.0 Å². The molecule has 2 nitrogen and oxygen atoms in total. The Bertz CT molecular complexity index is 396. The van der Waals surface area contributed by atoms with Crippen molar-refractivity contribution in [2.45, 2.75) is 59.3 Å². The van der Waals surface area contributed by atoms with E-state index < -0.39 is 0 Å². The van der Waals surface area contributed by atoms with Crippen molar-refractivity contribution >= 4 is 5.78 Å². The molecule has 0 amide bonds. The summed E-state index contributed by atoms with van der Waals surface area (Å²) in [5, 5.41) is 0. The van der Waals surface area contributed by atoms with E-state index in [9.17, 15) is 4.79 Å². The van der Waals surface area contributed by atoms with E-state index in [-0.39, 0.29) is 0 Å². The lowest BCUT2D eigenvalue weighted by atomic mass is 9.98. The summed E-state index contributed by atoms with van der Waals surface area (Å²) < 4.78 is 5.52. The number of Topliss-reactive ketones (excluding diaryl/α,β-unsaturated/α-hetero) is 1. The Morgan fingerprint density at radius 2 is 1.89 bits per heavy atom. The second kappa shape index (κ2) is 8.73. The number of benzene rings is 1. The van der Waals surface area contributed by atoms with Gasteiger partial charge in [0.05, 0.1) is 6.61 Å². The summed E-state index contributed by atoms with van der Waals surface area (Å²) >= 11 is 0. The quantitative estimate of drug-likeness (QED) is 0.661. The number of rotatable bonds is 9. The molecule has 0 unspecified atom stereocenters. The fraction of sp³-hybridized carbons (Fsp3) is 0.588.